The highest BCUT2D eigenvalue weighted by Gasteiger charge is 2.51. The topological polar surface area (TPSA) is 380 Å². The summed E-state index contributed by atoms with van der Waals surface area (Å²) in [6, 6.07) is 10.7. The molecule has 1 aromatic carbocycles. The molecule has 0 saturated carbocycles. The van der Waals surface area contributed by atoms with Crippen LogP contribution in [0, 0.1) is 22.7 Å². The molecule has 7 rings (SSSR count). The Morgan fingerprint density at radius 2 is 1.32 bits per heavy atom. The van der Waals surface area contributed by atoms with Gasteiger partial charge in [0, 0.05) is 39.0 Å². The van der Waals surface area contributed by atoms with Gasteiger partial charge in [0.05, 0.1) is 67.6 Å². The van der Waals surface area contributed by atoms with Crippen LogP contribution in [0.3, 0.4) is 0 Å². The molecular formula is C52H77N12O18P3. The zero-order chi connectivity index (χ0) is 62.4. The van der Waals surface area contributed by atoms with Crippen LogP contribution in [0.4, 0.5) is 11.6 Å². The maximum atomic E-state index is 14.3. The number of nitrogen functional groups attached to an aromatic ring is 1. The highest BCUT2D eigenvalue weighted by atomic mass is 31.2. The van der Waals surface area contributed by atoms with E-state index in [-0.39, 0.29) is 67.4 Å². The molecule has 0 bridgehead atoms. The summed E-state index contributed by atoms with van der Waals surface area (Å²) in [5.41, 5.74) is 6.86. The van der Waals surface area contributed by atoms with Gasteiger partial charge in [0.2, 0.25) is 13.6 Å². The first kappa shape index (κ1) is 68.5. The quantitative estimate of drug-likeness (QED) is 0.0172. The van der Waals surface area contributed by atoms with Gasteiger partial charge in [-0.1, -0.05) is 32.0 Å². The molecule has 2 aliphatic heterocycles. The van der Waals surface area contributed by atoms with E-state index < -0.39 is 116 Å². The minimum absolute atomic E-state index is 0.0334. The summed E-state index contributed by atoms with van der Waals surface area (Å²) in [6.07, 6.45) is -0.587. The molecule has 6 heterocycles. The van der Waals surface area contributed by atoms with Gasteiger partial charge in [-0.15, -0.1) is 0 Å². The molecule has 4 aromatic heterocycles. The number of ether oxygens (including phenoxy) is 7. The second-order valence-corrected chi connectivity index (χ2v) is 26.8. The second-order valence-electron chi connectivity index (χ2n) is 21.4. The van der Waals surface area contributed by atoms with Crippen LogP contribution in [0.5, 0.6) is 0 Å². The van der Waals surface area contributed by atoms with Gasteiger partial charge in [-0.3, -0.25) is 41.7 Å². The number of methoxy groups -OCH3 is 3. The molecule has 1 amide bonds. The van der Waals surface area contributed by atoms with E-state index in [0.717, 1.165) is 0 Å². The van der Waals surface area contributed by atoms with E-state index in [9.17, 15) is 28.8 Å². The lowest BCUT2D eigenvalue weighted by Crippen LogP contribution is -2.40. The predicted molar refractivity (Wildman–Crippen MR) is 307 cm³/mol. The standard InChI is InChI=1S/C39H57N7O12P2.C13H20N5O6P/c1-25(2)37(48)52-23-55-60(50,56-24-53-38(49)39(7,8)9)20-17-29-31(58-59(54-19-14-18-40)46(26(3)4)27(5)6)32(51-10)36(57-29)45-22-43-30-33(41-21-42-34(30)45)44-35(47)28-15-12-11-13-16-28;1-22-9-7(3-4-25(19,20)21)24-13(10(9)23-2)18-6-17-8-11(14)15-5-16-12(8)18/h11-13,15-16,21-22,25-27,29,31-32,36H,14,17,19-20,23-24H2,1-10H3,(H,41,42,44,47);5-7,9-10,13H,3-4H2,1-2H3,(H2,14,15,16)(H2,19,20,21)/t29-,31-,32-,36?,59?,60?;7-,9-,10-,13?/m11/s1. The lowest BCUT2D eigenvalue weighted by Gasteiger charge is -2.38. The third-order valence-electron chi connectivity index (χ3n) is 13.2. The molecule has 4 unspecified atom stereocenters. The molecule has 30 nitrogen and oxygen atoms in total. The highest BCUT2D eigenvalue weighted by Crippen LogP contribution is 2.54. The lowest BCUT2D eigenvalue weighted by atomic mass is 9.98. The first-order valence-electron chi connectivity index (χ1n) is 27.1. The van der Waals surface area contributed by atoms with Gasteiger partial charge in [-0.2, -0.15) is 5.26 Å². The summed E-state index contributed by atoms with van der Waals surface area (Å²) in [6.45, 7) is 15.0. The molecule has 85 heavy (non-hydrogen) atoms. The summed E-state index contributed by atoms with van der Waals surface area (Å²) >= 11 is 0. The number of carbonyl (C=O) groups excluding carboxylic acids is 3. The number of amides is 1. The van der Waals surface area contributed by atoms with Crippen LogP contribution < -0.4 is 11.1 Å². The van der Waals surface area contributed by atoms with E-state index in [1.807, 2.05) is 27.7 Å². The SMILES string of the molecule is CO[C@@H]1[C@@H](CCP(=O)(O)O)OC(n2cnc3c(N)ncnc32)[C@@H]1OC.CO[C@H]1C(n2cnc3c(NC(=O)c4ccccc4)ncnc32)O[C@H](CCP(=O)(OCOC(=O)C(C)C)OCOC(=O)C(C)(C)C)[C@H]1OP(OCCC#N)N(C(C)C)C(C)C. The Morgan fingerprint density at radius 1 is 0.776 bits per heavy atom. The van der Waals surface area contributed by atoms with Crippen LogP contribution in [-0.4, -0.2) is 174 Å². The predicted octanol–water partition coefficient (Wildman–Crippen LogP) is 6.88. The summed E-state index contributed by atoms with van der Waals surface area (Å²) < 4.78 is 95.4. The fourth-order valence-electron chi connectivity index (χ4n) is 9.05. The van der Waals surface area contributed by atoms with E-state index in [1.165, 1.54) is 46.6 Å². The van der Waals surface area contributed by atoms with Gasteiger partial charge in [-0.05, 0) is 73.4 Å². The molecule has 5 N–H and O–H groups in total. The summed E-state index contributed by atoms with van der Waals surface area (Å²) in [5.74, 6) is -1.63. The van der Waals surface area contributed by atoms with Crippen LogP contribution >= 0.6 is 23.7 Å². The number of nitrogens with zero attached hydrogens (tertiary/aromatic N) is 10. The monoisotopic (exact) mass is 1250 g/mol. The average molecular weight is 1250 g/mol. The Kier molecular flexibility index (Phi) is 24.9. The van der Waals surface area contributed by atoms with Crippen molar-refractivity contribution in [3.63, 3.8) is 0 Å². The van der Waals surface area contributed by atoms with Crippen molar-refractivity contribution in [2.45, 2.75) is 143 Å². The molecule has 468 valence electrons. The van der Waals surface area contributed by atoms with Crippen LogP contribution in [-0.2, 0) is 70.0 Å². The average Bonchev–Trinajstić information content (AvgIpc) is 2.10. The molecular weight excluding hydrogens is 1170 g/mol. The van der Waals surface area contributed by atoms with Gasteiger partial charge >= 0.3 is 27.1 Å². The summed E-state index contributed by atoms with van der Waals surface area (Å²) in [7, 11) is -5.66. The number of carbonyl (C=O) groups is 3. The van der Waals surface area contributed by atoms with Gasteiger partial charge in [-0.25, -0.2) is 34.6 Å². The van der Waals surface area contributed by atoms with Gasteiger partial charge in [0.15, 0.2) is 40.9 Å². The van der Waals surface area contributed by atoms with Crippen LogP contribution in [0.15, 0.2) is 55.6 Å². The number of rotatable bonds is 28. The molecule has 33 heteroatoms. The molecule has 2 aliphatic rings. The maximum Gasteiger partial charge on any atom is 0.336 e. The van der Waals surface area contributed by atoms with E-state index in [0.29, 0.717) is 22.4 Å². The zero-order valence-electron chi connectivity index (χ0n) is 49.5. The third kappa shape index (κ3) is 18.0. The Morgan fingerprint density at radius 3 is 1.87 bits per heavy atom. The van der Waals surface area contributed by atoms with Crippen molar-refractivity contribution >= 4 is 75.5 Å². The molecule has 0 radical (unpaired) electrons. The number of aromatic nitrogens is 8. The third-order valence-corrected chi connectivity index (χ3v) is 18.0. The normalized spacial score (nSPS) is 21.9. The van der Waals surface area contributed by atoms with E-state index >= 15 is 0 Å². The van der Waals surface area contributed by atoms with Crippen molar-refractivity contribution in [2.75, 3.05) is 64.9 Å². The fraction of sp³-hybridized carbons (Fsp3) is 0.615. The van der Waals surface area contributed by atoms with Crippen molar-refractivity contribution in [2.24, 2.45) is 11.3 Å². The van der Waals surface area contributed by atoms with Crippen molar-refractivity contribution in [3.05, 3.63) is 61.2 Å². The molecule has 10 atom stereocenters. The lowest BCUT2D eigenvalue weighted by molar-refractivity contribution is -0.160. The Hall–Kier alpha value is -5.57. The summed E-state index contributed by atoms with van der Waals surface area (Å²) in [4.78, 5) is 81.7. The Balaban J connectivity index is 0.000000382. The number of nitriles is 1. The van der Waals surface area contributed by atoms with Gasteiger partial charge in [0.25, 0.3) is 14.4 Å². The number of esters is 2. The number of benzene rings is 1. The first-order valence-corrected chi connectivity index (χ1v) is 31.8. The van der Waals surface area contributed by atoms with Crippen LogP contribution in [0.2, 0.25) is 0 Å². The van der Waals surface area contributed by atoms with E-state index in [1.54, 1.807) is 74.1 Å². The van der Waals surface area contributed by atoms with Crippen LogP contribution in [0.25, 0.3) is 22.3 Å². The summed E-state index contributed by atoms with van der Waals surface area (Å²) in [5, 5.41) is 12.1. The smallest absolute Gasteiger partial charge is 0.336 e. The van der Waals surface area contributed by atoms with Gasteiger partial charge < -0.3 is 63.0 Å². The number of anilines is 2. The number of hydrogen-bond donors (Lipinski definition) is 4. The minimum Gasteiger partial charge on any atom is -0.438 e. The fourth-order valence-corrected chi connectivity index (χ4v) is 12.7. The Bertz CT molecular complexity index is 3130. The number of hydrogen-bond acceptors (Lipinski definition) is 25. The maximum absolute atomic E-state index is 14.3. The second kappa shape index (κ2) is 30.9. The number of nitrogens with one attached hydrogen (secondary N) is 1. The molecule has 0 aliphatic carbocycles. The van der Waals surface area contributed by atoms with Crippen molar-refractivity contribution in [1.82, 2.24) is 43.7 Å². The molecule has 2 saturated heterocycles. The van der Waals surface area contributed by atoms with Crippen LogP contribution in [0.1, 0.15) is 104 Å². The van der Waals surface area contributed by atoms with E-state index in [4.69, 9.17) is 66.8 Å². The number of imidazole rings is 2. The molecule has 2 fully saturated rings. The number of nitrogens with two attached hydrogens (primary N) is 1. The highest BCUT2D eigenvalue weighted by molar-refractivity contribution is 7.53. The molecule has 5 aromatic rings. The number of fused-ring (bicyclic) bond motifs is 2. The van der Waals surface area contributed by atoms with Crippen molar-refractivity contribution < 1.29 is 84.6 Å². The van der Waals surface area contributed by atoms with Crippen molar-refractivity contribution in [3.8, 4) is 6.07 Å². The first-order chi connectivity index (χ1) is 40.3. The van der Waals surface area contributed by atoms with E-state index in [2.05, 4.69) is 46.0 Å². The Labute approximate surface area is 493 Å². The van der Waals surface area contributed by atoms with Gasteiger partial charge in [0.1, 0.15) is 42.6 Å². The minimum atomic E-state index is -4.18. The largest absolute Gasteiger partial charge is 0.438 e. The zero-order valence-corrected chi connectivity index (χ0v) is 52.2. The molecule has 0 spiro atoms. The van der Waals surface area contributed by atoms with Crippen molar-refractivity contribution in [1.29, 1.82) is 5.26 Å².